The summed E-state index contributed by atoms with van der Waals surface area (Å²) in [6, 6.07) is 11.9. The highest BCUT2D eigenvalue weighted by Gasteiger charge is 2.24. The third-order valence-electron chi connectivity index (χ3n) is 5.68. The summed E-state index contributed by atoms with van der Waals surface area (Å²) >= 11 is 0. The molecule has 0 aliphatic carbocycles. The predicted molar refractivity (Wildman–Crippen MR) is 112 cm³/mol. The molecule has 1 aromatic carbocycles. The van der Waals surface area contributed by atoms with Gasteiger partial charge in [-0.05, 0) is 19.9 Å². The first kappa shape index (κ1) is 18.9. The molecule has 2 saturated heterocycles. The van der Waals surface area contributed by atoms with Crippen molar-refractivity contribution in [1.82, 2.24) is 19.8 Å². The molecule has 2 aliphatic heterocycles. The van der Waals surface area contributed by atoms with Crippen LogP contribution in [-0.4, -0.2) is 72.0 Å². The zero-order valence-corrected chi connectivity index (χ0v) is 16.7. The number of benzene rings is 1. The molecule has 3 heterocycles. The molecule has 2 aliphatic rings. The summed E-state index contributed by atoms with van der Waals surface area (Å²) in [4.78, 5) is 29.2. The minimum Gasteiger partial charge on any atom is -0.356 e. The Hall–Kier alpha value is -2.47. The highest BCUT2D eigenvalue weighted by atomic mass is 16.2. The van der Waals surface area contributed by atoms with E-state index < -0.39 is 0 Å². The summed E-state index contributed by atoms with van der Waals surface area (Å²) in [7, 11) is 2.09. The number of rotatable bonds is 3. The Bertz CT molecular complexity index is 794. The smallest absolute Gasteiger partial charge is 0.272 e. The largest absolute Gasteiger partial charge is 0.356 e. The Labute approximate surface area is 167 Å². The average Bonchev–Trinajstić information content (AvgIpc) is 3.04. The van der Waals surface area contributed by atoms with Gasteiger partial charge < -0.3 is 14.7 Å². The van der Waals surface area contributed by atoms with Gasteiger partial charge in [-0.25, -0.2) is 9.97 Å². The third kappa shape index (κ3) is 4.33. The summed E-state index contributed by atoms with van der Waals surface area (Å²) in [5.74, 6) is 1.54. The van der Waals surface area contributed by atoms with Crippen LogP contribution in [0, 0.1) is 0 Å². The highest BCUT2D eigenvalue weighted by molar-refractivity contribution is 5.93. The average molecular weight is 380 g/mol. The van der Waals surface area contributed by atoms with E-state index in [0.717, 1.165) is 50.6 Å². The molecule has 0 radical (unpaired) electrons. The third-order valence-corrected chi connectivity index (χ3v) is 5.68. The number of anilines is 1. The van der Waals surface area contributed by atoms with E-state index in [9.17, 15) is 4.79 Å². The van der Waals surface area contributed by atoms with Crippen LogP contribution in [0.4, 0.5) is 5.82 Å². The minimum atomic E-state index is 0.0174. The van der Waals surface area contributed by atoms with Gasteiger partial charge in [0, 0.05) is 50.9 Å². The van der Waals surface area contributed by atoms with Crippen LogP contribution >= 0.6 is 0 Å². The van der Waals surface area contributed by atoms with Gasteiger partial charge in [-0.15, -0.1) is 0 Å². The van der Waals surface area contributed by atoms with Crippen molar-refractivity contribution in [2.45, 2.75) is 25.7 Å². The van der Waals surface area contributed by atoms with E-state index in [0.29, 0.717) is 11.5 Å². The first-order chi connectivity index (χ1) is 13.7. The van der Waals surface area contributed by atoms with Gasteiger partial charge in [0.15, 0.2) is 5.82 Å². The Kier molecular flexibility index (Phi) is 5.86. The molecule has 2 fully saturated rings. The van der Waals surface area contributed by atoms with E-state index in [1.165, 1.54) is 25.7 Å². The Morgan fingerprint density at radius 3 is 2.21 bits per heavy atom. The molecule has 0 saturated carbocycles. The van der Waals surface area contributed by atoms with Crippen LogP contribution in [0.2, 0.25) is 0 Å². The van der Waals surface area contributed by atoms with E-state index in [1.807, 2.05) is 41.3 Å². The van der Waals surface area contributed by atoms with Gasteiger partial charge in [0.05, 0.1) is 0 Å². The van der Waals surface area contributed by atoms with E-state index in [4.69, 9.17) is 4.98 Å². The maximum atomic E-state index is 13.2. The Morgan fingerprint density at radius 1 is 0.857 bits per heavy atom. The monoisotopic (exact) mass is 379 g/mol. The van der Waals surface area contributed by atoms with Gasteiger partial charge in [-0.1, -0.05) is 43.2 Å². The molecular weight excluding hydrogens is 350 g/mol. The molecule has 148 valence electrons. The van der Waals surface area contributed by atoms with Crippen molar-refractivity contribution in [2.75, 3.05) is 51.2 Å². The van der Waals surface area contributed by atoms with Gasteiger partial charge in [0.2, 0.25) is 0 Å². The fraction of sp³-hybridized carbons (Fsp3) is 0.500. The van der Waals surface area contributed by atoms with Crippen molar-refractivity contribution in [3.8, 4) is 11.4 Å². The number of carbonyl (C=O) groups excluding carboxylic acids is 1. The molecule has 0 unspecified atom stereocenters. The molecule has 4 rings (SSSR count). The van der Waals surface area contributed by atoms with E-state index in [2.05, 4.69) is 21.8 Å². The lowest BCUT2D eigenvalue weighted by atomic mass is 10.2. The van der Waals surface area contributed by atoms with Crippen LogP contribution < -0.4 is 4.90 Å². The van der Waals surface area contributed by atoms with Crippen molar-refractivity contribution in [2.24, 2.45) is 0 Å². The first-order valence-electron chi connectivity index (χ1n) is 10.4. The number of carbonyl (C=O) groups is 1. The molecule has 2 aromatic rings. The lowest BCUT2D eigenvalue weighted by molar-refractivity contribution is 0.0658. The number of likely N-dealkylation sites (N-methyl/N-ethyl adjacent to an activating group) is 1. The van der Waals surface area contributed by atoms with Crippen LogP contribution in [0.3, 0.4) is 0 Å². The quantitative estimate of drug-likeness (QED) is 0.821. The van der Waals surface area contributed by atoms with Gasteiger partial charge in [0.25, 0.3) is 5.91 Å². The number of hydrogen-bond donors (Lipinski definition) is 0. The summed E-state index contributed by atoms with van der Waals surface area (Å²) in [5, 5.41) is 0. The van der Waals surface area contributed by atoms with Gasteiger partial charge >= 0.3 is 0 Å². The number of nitrogens with zero attached hydrogens (tertiary/aromatic N) is 5. The van der Waals surface area contributed by atoms with Gasteiger partial charge in [-0.2, -0.15) is 0 Å². The molecular formula is C22H29N5O. The molecule has 0 N–H and O–H groups in total. The van der Waals surface area contributed by atoms with Crippen LogP contribution in [0.15, 0.2) is 36.4 Å². The van der Waals surface area contributed by atoms with Crippen molar-refractivity contribution >= 4 is 11.7 Å². The van der Waals surface area contributed by atoms with Gasteiger partial charge in [-0.3, -0.25) is 4.79 Å². The molecule has 1 amide bonds. The summed E-state index contributed by atoms with van der Waals surface area (Å²) < 4.78 is 0. The highest BCUT2D eigenvalue weighted by Crippen LogP contribution is 2.23. The summed E-state index contributed by atoms with van der Waals surface area (Å²) in [6.45, 7) is 5.29. The zero-order valence-electron chi connectivity index (χ0n) is 16.7. The summed E-state index contributed by atoms with van der Waals surface area (Å²) in [6.07, 6.45) is 4.87. The Balaban J connectivity index is 1.68. The number of hydrogen-bond acceptors (Lipinski definition) is 5. The van der Waals surface area contributed by atoms with Crippen LogP contribution in [0.5, 0.6) is 0 Å². The normalized spacial score (nSPS) is 18.8. The molecule has 1 aromatic heterocycles. The SMILES string of the molecule is CN1CCN(C(=O)c2cc(N3CCCCCC3)nc(-c3ccccc3)n2)CC1. The van der Waals surface area contributed by atoms with Crippen molar-refractivity contribution in [3.05, 3.63) is 42.1 Å². The summed E-state index contributed by atoms with van der Waals surface area (Å²) in [5.41, 5.74) is 1.46. The zero-order chi connectivity index (χ0) is 19.3. The molecule has 6 heteroatoms. The van der Waals surface area contributed by atoms with Crippen LogP contribution in [0.25, 0.3) is 11.4 Å². The number of amides is 1. The van der Waals surface area contributed by atoms with Crippen molar-refractivity contribution in [3.63, 3.8) is 0 Å². The predicted octanol–water partition coefficient (Wildman–Crippen LogP) is 2.91. The second-order valence-corrected chi connectivity index (χ2v) is 7.80. The fourth-order valence-electron chi connectivity index (χ4n) is 3.89. The number of aromatic nitrogens is 2. The lowest BCUT2D eigenvalue weighted by Crippen LogP contribution is -2.47. The van der Waals surface area contributed by atoms with Crippen molar-refractivity contribution in [1.29, 1.82) is 0 Å². The van der Waals surface area contributed by atoms with E-state index in [-0.39, 0.29) is 5.91 Å². The van der Waals surface area contributed by atoms with Crippen LogP contribution in [-0.2, 0) is 0 Å². The second-order valence-electron chi connectivity index (χ2n) is 7.80. The maximum Gasteiger partial charge on any atom is 0.272 e. The van der Waals surface area contributed by atoms with E-state index >= 15 is 0 Å². The van der Waals surface area contributed by atoms with Crippen molar-refractivity contribution < 1.29 is 4.79 Å². The lowest BCUT2D eigenvalue weighted by Gasteiger charge is -2.32. The first-order valence-corrected chi connectivity index (χ1v) is 10.4. The topological polar surface area (TPSA) is 52.6 Å². The molecule has 0 spiro atoms. The fourth-order valence-corrected chi connectivity index (χ4v) is 3.89. The van der Waals surface area contributed by atoms with Gasteiger partial charge in [0.1, 0.15) is 11.5 Å². The van der Waals surface area contributed by atoms with E-state index in [1.54, 1.807) is 0 Å². The second kappa shape index (κ2) is 8.69. The molecule has 28 heavy (non-hydrogen) atoms. The standard InChI is InChI=1S/C22H29N5O/c1-25-13-15-27(16-14-25)22(28)19-17-20(26-11-7-2-3-8-12-26)24-21(23-19)18-9-5-4-6-10-18/h4-6,9-10,17H,2-3,7-8,11-16H2,1H3. The Morgan fingerprint density at radius 2 is 1.54 bits per heavy atom. The molecule has 6 nitrogen and oxygen atoms in total. The molecule has 0 atom stereocenters. The molecule has 0 bridgehead atoms. The minimum absolute atomic E-state index is 0.0174. The van der Waals surface area contributed by atoms with Crippen LogP contribution in [0.1, 0.15) is 36.2 Å². The maximum absolute atomic E-state index is 13.2. The number of piperazine rings is 1.